The van der Waals surface area contributed by atoms with Gasteiger partial charge in [0.2, 0.25) is 5.95 Å². The van der Waals surface area contributed by atoms with Crippen molar-refractivity contribution in [3.8, 4) is 0 Å². The Hall–Kier alpha value is -2.21. The van der Waals surface area contributed by atoms with Crippen molar-refractivity contribution in [3.05, 3.63) is 41.9 Å². The van der Waals surface area contributed by atoms with Crippen LogP contribution in [0.25, 0.3) is 0 Å². The van der Waals surface area contributed by atoms with Crippen LogP contribution >= 0.6 is 0 Å². The number of ether oxygens (including phenoxy) is 1. The number of nitrogens with zero attached hydrogens (tertiary/aromatic N) is 3. The maximum Gasteiger partial charge on any atom is 0.224 e. The smallest absolute Gasteiger partial charge is 0.224 e. The molecule has 0 spiro atoms. The van der Waals surface area contributed by atoms with E-state index in [9.17, 15) is 0 Å². The van der Waals surface area contributed by atoms with Crippen LogP contribution in [0.5, 0.6) is 0 Å². The van der Waals surface area contributed by atoms with Gasteiger partial charge in [-0.25, -0.2) is 4.98 Å². The van der Waals surface area contributed by atoms with Crippen LogP contribution in [0.15, 0.2) is 30.6 Å². The molecule has 1 saturated heterocycles. The molecule has 22 heavy (non-hydrogen) atoms. The van der Waals surface area contributed by atoms with Gasteiger partial charge in [0.05, 0.1) is 6.10 Å². The SMILES string of the molecule is Cc1cc(NCc2cccnc2)nc(NCC2CCCO2)n1. The highest BCUT2D eigenvalue weighted by Gasteiger charge is 2.15. The molecule has 116 valence electrons. The summed E-state index contributed by atoms with van der Waals surface area (Å²) >= 11 is 0. The summed E-state index contributed by atoms with van der Waals surface area (Å²) in [4.78, 5) is 13.0. The zero-order valence-electron chi connectivity index (χ0n) is 12.7. The van der Waals surface area contributed by atoms with Gasteiger partial charge in [-0.3, -0.25) is 4.98 Å². The molecule has 0 radical (unpaired) electrons. The summed E-state index contributed by atoms with van der Waals surface area (Å²) in [7, 11) is 0. The number of rotatable bonds is 6. The molecule has 0 bridgehead atoms. The van der Waals surface area contributed by atoms with E-state index < -0.39 is 0 Å². The third-order valence-corrected chi connectivity index (χ3v) is 3.56. The molecule has 1 aliphatic heterocycles. The Morgan fingerprint density at radius 3 is 3.05 bits per heavy atom. The molecule has 1 unspecified atom stereocenters. The topological polar surface area (TPSA) is 72.0 Å². The lowest BCUT2D eigenvalue weighted by Crippen LogP contribution is -2.20. The van der Waals surface area contributed by atoms with Gasteiger partial charge in [-0.1, -0.05) is 6.07 Å². The van der Waals surface area contributed by atoms with Gasteiger partial charge in [-0.2, -0.15) is 4.98 Å². The first kappa shape index (κ1) is 14.7. The monoisotopic (exact) mass is 299 g/mol. The van der Waals surface area contributed by atoms with E-state index >= 15 is 0 Å². The van der Waals surface area contributed by atoms with Crippen molar-refractivity contribution >= 4 is 11.8 Å². The standard InChI is InChI=1S/C16H21N5O/c1-12-8-15(18-10-13-4-2-6-17-9-13)21-16(20-12)19-11-14-5-3-7-22-14/h2,4,6,8-9,14H,3,5,7,10-11H2,1H3,(H2,18,19,20,21). The number of anilines is 2. The van der Waals surface area contributed by atoms with Gasteiger partial charge in [0.1, 0.15) is 5.82 Å². The molecule has 2 N–H and O–H groups in total. The number of hydrogen-bond acceptors (Lipinski definition) is 6. The molecule has 2 aromatic rings. The third-order valence-electron chi connectivity index (χ3n) is 3.56. The molecule has 1 aliphatic rings. The number of aromatic nitrogens is 3. The Kier molecular flexibility index (Phi) is 4.80. The second-order valence-electron chi connectivity index (χ2n) is 5.45. The summed E-state index contributed by atoms with van der Waals surface area (Å²) in [6.45, 7) is 4.27. The van der Waals surface area contributed by atoms with Crippen molar-refractivity contribution in [1.29, 1.82) is 0 Å². The van der Waals surface area contributed by atoms with E-state index in [0.29, 0.717) is 12.5 Å². The number of hydrogen-bond donors (Lipinski definition) is 2. The van der Waals surface area contributed by atoms with E-state index in [2.05, 4.69) is 25.6 Å². The van der Waals surface area contributed by atoms with E-state index in [4.69, 9.17) is 4.74 Å². The summed E-state index contributed by atoms with van der Waals surface area (Å²) in [5.41, 5.74) is 2.05. The molecule has 3 heterocycles. The van der Waals surface area contributed by atoms with E-state index in [1.54, 1.807) is 6.20 Å². The minimum atomic E-state index is 0.274. The van der Waals surface area contributed by atoms with Crippen LogP contribution in [0.3, 0.4) is 0 Å². The van der Waals surface area contributed by atoms with E-state index in [1.165, 1.54) is 0 Å². The summed E-state index contributed by atoms with van der Waals surface area (Å²) in [6.07, 6.45) is 6.13. The molecule has 6 nitrogen and oxygen atoms in total. The Labute approximate surface area is 130 Å². The quantitative estimate of drug-likeness (QED) is 0.853. The molecule has 6 heteroatoms. The first-order valence-electron chi connectivity index (χ1n) is 7.63. The normalized spacial score (nSPS) is 17.4. The minimum Gasteiger partial charge on any atom is -0.376 e. The fourth-order valence-corrected chi connectivity index (χ4v) is 2.44. The summed E-state index contributed by atoms with van der Waals surface area (Å²) in [5, 5.41) is 6.57. The largest absolute Gasteiger partial charge is 0.376 e. The summed E-state index contributed by atoms with van der Waals surface area (Å²) in [6, 6.07) is 5.90. The van der Waals surface area contributed by atoms with Crippen molar-refractivity contribution in [2.75, 3.05) is 23.8 Å². The molecule has 0 aromatic carbocycles. The maximum absolute atomic E-state index is 5.60. The van der Waals surface area contributed by atoms with Crippen LogP contribution in [0, 0.1) is 6.92 Å². The maximum atomic E-state index is 5.60. The minimum absolute atomic E-state index is 0.274. The van der Waals surface area contributed by atoms with Gasteiger partial charge in [-0.15, -0.1) is 0 Å². The van der Waals surface area contributed by atoms with Crippen molar-refractivity contribution in [2.24, 2.45) is 0 Å². The van der Waals surface area contributed by atoms with E-state index in [0.717, 1.165) is 43.1 Å². The summed E-state index contributed by atoms with van der Waals surface area (Å²) < 4.78 is 5.60. The molecule has 1 atom stereocenters. The van der Waals surface area contributed by atoms with Crippen LogP contribution in [0.1, 0.15) is 24.1 Å². The van der Waals surface area contributed by atoms with Crippen molar-refractivity contribution in [2.45, 2.75) is 32.4 Å². The Balaban J connectivity index is 1.59. The van der Waals surface area contributed by atoms with Gasteiger partial charge < -0.3 is 15.4 Å². The lowest BCUT2D eigenvalue weighted by atomic mass is 10.2. The molecule has 0 saturated carbocycles. The van der Waals surface area contributed by atoms with Crippen molar-refractivity contribution < 1.29 is 4.74 Å². The van der Waals surface area contributed by atoms with Crippen molar-refractivity contribution in [3.63, 3.8) is 0 Å². The molecule has 0 amide bonds. The van der Waals surface area contributed by atoms with Crippen LogP contribution in [-0.4, -0.2) is 34.2 Å². The Morgan fingerprint density at radius 2 is 2.27 bits per heavy atom. The van der Waals surface area contributed by atoms with Crippen LogP contribution < -0.4 is 10.6 Å². The van der Waals surface area contributed by atoms with E-state index in [-0.39, 0.29) is 6.10 Å². The average molecular weight is 299 g/mol. The van der Waals surface area contributed by atoms with Gasteiger partial charge >= 0.3 is 0 Å². The van der Waals surface area contributed by atoms with E-state index in [1.807, 2.05) is 31.3 Å². The van der Waals surface area contributed by atoms with Gasteiger partial charge in [-0.05, 0) is 31.4 Å². The van der Waals surface area contributed by atoms with Crippen LogP contribution in [0.4, 0.5) is 11.8 Å². The van der Waals surface area contributed by atoms with Crippen LogP contribution in [0.2, 0.25) is 0 Å². The van der Waals surface area contributed by atoms with Crippen molar-refractivity contribution in [1.82, 2.24) is 15.0 Å². The zero-order valence-corrected chi connectivity index (χ0v) is 12.7. The second kappa shape index (κ2) is 7.17. The third kappa shape index (κ3) is 4.14. The molecule has 1 fully saturated rings. The van der Waals surface area contributed by atoms with Gasteiger partial charge in [0.15, 0.2) is 0 Å². The highest BCUT2D eigenvalue weighted by atomic mass is 16.5. The number of nitrogens with one attached hydrogen (secondary N) is 2. The average Bonchev–Trinajstić information content (AvgIpc) is 3.05. The first-order chi connectivity index (χ1) is 10.8. The predicted octanol–water partition coefficient (Wildman–Crippen LogP) is 2.38. The summed E-state index contributed by atoms with van der Waals surface area (Å²) in [5.74, 6) is 1.45. The highest BCUT2D eigenvalue weighted by molar-refractivity contribution is 5.42. The Morgan fingerprint density at radius 1 is 1.32 bits per heavy atom. The molecule has 2 aromatic heterocycles. The molecule has 3 rings (SSSR count). The molecular weight excluding hydrogens is 278 g/mol. The fourth-order valence-electron chi connectivity index (χ4n) is 2.44. The van der Waals surface area contributed by atoms with Gasteiger partial charge in [0, 0.05) is 43.9 Å². The molecule has 0 aliphatic carbocycles. The second-order valence-corrected chi connectivity index (χ2v) is 5.45. The Bertz CT molecular complexity index is 599. The lowest BCUT2D eigenvalue weighted by Gasteiger charge is -2.12. The molecular formula is C16H21N5O. The van der Waals surface area contributed by atoms with Gasteiger partial charge in [0.25, 0.3) is 0 Å². The number of pyridine rings is 1. The predicted molar refractivity (Wildman–Crippen MR) is 85.8 cm³/mol. The number of aryl methyl sites for hydroxylation is 1. The zero-order chi connectivity index (χ0) is 15.2. The highest BCUT2D eigenvalue weighted by Crippen LogP contribution is 2.14. The van der Waals surface area contributed by atoms with Crippen LogP contribution in [-0.2, 0) is 11.3 Å². The lowest BCUT2D eigenvalue weighted by molar-refractivity contribution is 0.120. The first-order valence-corrected chi connectivity index (χ1v) is 7.63. The fraction of sp³-hybridized carbons (Fsp3) is 0.438.